The third kappa shape index (κ3) is 4.13. The molecule has 1 aromatic heterocycles. The van der Waals surface area contributed by atoms with Crippen LogP contribution in [0.15, 0.2) is 18.5 Å². The molecule has 0 aromatic carbocycles. The lowest BCUT2D eigenvalue weighted by molar-refractivity contribution is -0.385. The molecule has 0 aliphatic rings. The lowest BCUT2D eigenvalue weighted by Crippen LogP contribution is -2.55. The third-order valence-corrected chi connectivity index (χ3v) is 7.13. The highest BCUT2D eigenvalue weighted by Crippen LogP contribution is 2.34. The molecule has 10 heteroatoms. The fraction of sp³-hybridized carbons (Fsp3) is 0.600. The second-order valence-electron chi connectivity index (χ2n) is 6.67. The standard InChI is InChI=1S/C15H23N3O6S/c1-6-14(3,4)25(23,24)17-15(5,10(2)13(19)20)11-7-12(18(21)22)9-16-8-11/h7-10,17H,6H2,1-5H3,(H,19,20). The SMILES string of the molecule is CCC(C)(C)S(=O)(=O)NC(C)(c1cncc([N+](=O)[O-])c1)C(C)C(=O)O. The van der Waals surface area contributed by atoms with E-state index in [1.165, 1.54) is 33.9 Å². The molecule has 0 aliphatic carbocycles. The average molecular weight is 373 g/mol. The Morgan fingerprint density at radius 3 is 2.40 bits per heavy atom. The fourth-order valence-electron chi connectivity index (χ4n) is 2.06. The number of hydrogen-bond donors (Lipinski definition) is 2. The highest BCUT2D eigenvalue weighted by Gasteiger charge is 2.45. The van der Waals surface area contributed by atoms with Crippen LogP contribution in [0.1, 0.15) is 46.6 Å². The van der Waals surface area contributed by atoms with Crippen molar-refractivity contribution in [1.29, 1.82) is 0 Å². The van der Waals surface area contributed by atoms with E-state index in [0.717, 1.165) is 12.3 Å². The van der Waals surface area contributed by atoms with Crippen molar-refractivity contribution in [3.05, 3.63) is 34.1 Å². The number of rotatable bonds is 8. The van der Waals surface area contributed by atoms with E-state index in [1.807, 2.05) is 0 Å². The van der Waals surface area contributed by atoms with Gasteiger partial charge >= 0.3 is 5.97 Å². The van der Waals surface area contributed by atoms with E-state index in [2.05, 4.69) is 9.71 Å². The molecule has 1 aromatic rings. The number of aliphatic carboxylic acids is 1. The highest BCUT2D eigenvalue weighted by molar-refractivity contribution is 7.90. The second-order valence-corrected chi connectivity index (χ2v) is 8.99. The zero-order chi connectivity index (χ0) is 19.6. The van der Waals surface area contributed by atoms with Crippen LogP contribution in [0.4, 0.5) is 5.69 Å². The van der Waals surface area contributed by atoms with Crippen LogP contribution < -0.4 is 4.72 Å². The predicted octanol–water partition coefficient (Wildman–Crippen LogP) is 2.03. The zero-order valence-electron chi connectivity index (χ0n) is 14.8. The Morgan fingerprint density at radius 2 is 1.96 bits per heavy atom. The summed E-state index contributed by atoms with van der Waals surface area (Å²) in [5, 5.41) is 20.4. The number of carboxylic acid groups (broad SMARTS) is 1. The number of sulfonamides is 1. The summed E-state index contributed by atoms with van der Waals surface area (Å²) in [4.78, 5) is 25.6. The summed E-state index contributed by atoms with van der Waals surface area (Å²) >= 11 is 0. The summed E-state index contributed by atoms with van der Waals surface area (Å²) in [5.74, 6) is -2.44. The Balaban J connectivity index is 3.55. The van der Waals surface area contributed by atoms with E-state index >= 15 is 0 Å². The van der Waals surface area contributed by atoms with Crippen molar-refractivity contribution in [3.63, 3.8) is 0 Å². The molecule has 0 fully saturated rings. The van der Waals surface area contributed by atoms with Crippen LogP contribution in [0.25, 0.3) is 0 Å². The van der Waals surface area contributed by atoms with Gasteiger partial charge in [0.1, 0.15) is 6.20 Å². The van der Waals surface area contributed by atoms with Crippen LogP contribution in [0, 0.1) is 16.0 Å². The molecular formula is C15H23N3O6S. The largest absolute Gasteiger partial charge is 0.481 e. The van der Waals surface area contributed by atoms with Crippen LogP contribution in [0.3, 0.4) is 0 Å². The molecule has 0 saturated heterocycles. The van der Waals surface area contributed by atoms with Crippen LogP contribution in [-0.2, 0) is 20.4 Å². The summed E-state index contributed by atoms with van der Waals surface area (Å²) in [6.07, 6.45) is 2.54. The van der Waals surface area contributed by atoms with Gasteiger partial charge < -0.3 is 5.11 Å². The van der Waals surface area contributed by atoms with Gasteiger partial charge in [-0.25, -0.2) is 13.1 Å². The van der Waals surface area contributed by atoms with E-state index in [-0.39, 0.29) is 11.3 Å². The third-order valence-electron chi connectivity index (χ3n) is 4.70. The van der Waals surface area contributed by atoms with Crippen molar-refractivity contribution in [2.75, 3.05) is 0 Å². The van der Waals surface area contributed by atoms with Gasteiger partial charge in [0.25, 0.3) is 5.69 Å². The summed E-state index contributed by atoms with van der Waals surface area (Å²) in [6, 6.07) is 1.13. The molecule has 140 valence electrons. The van der Waals surface area contributed by atoms with Gasteiger partial charge in [0.05, 0.1) is 21.1 Å². The van der Waals surface area contributed by atoms with Gasteiger partial charge in [0.2, 0.25) is 10.0 Å². The molecule has 9 nitrogen and oxygen atoms in total. The summed E-state index contributed by atoms with van der Waals surface area (Å²) in [5.41, 5.74) is -1.86. The number of carboxylic acids is 1. The Morgan fingerprint density at radius 1 is 1.40 bits per heavy atom. The van der Waals surface area contributed by atoms with E-state index < -0.39 is 37.1 Å². The van der Waals surface area contributed by atoms with Crippen molar-refractivity contribution < 1.29 is 23.2 Å². The molecule has 25 heavy (non-hydrogen) atoms. The Kier molecular flexibility index (Phi) is 5.91. The van der Waals surface area contributed by atoms with Crippen LogP contribution in [0.2, 0.25) is 0 Å². The minimum Gasteiger partial charge on any atom is -0.481 e. The molecule has 0 aliphatic heterocycles. The van der Waals surface area contributed by atoms with Crippen LogP contribution in [0.5, 0.6) is 0 Å². The Hall–Kier alpha value is -2.07. The summed E-state index contributed by atoms with van der Waals surface area (Å²) in [6.45, 7) is 7.46. The number of nitrogens with zero attached hydrogens (tertiary/aromatic N) is 2. The summed E-state index contributed by atoms with van der Waals surface area (Å²) in [7, 11) is -3.94. The first-order valence-electron chi connectivity index (χ1n) is 7.64. The first-order valence-corrected chi connectivity index (χ1v) is 9.13. The maximum absolute atomic E-state index is 12.8. The number of carbonyl (C=O) groups is 1. The number of hydrogen-bond acceptors (Lipinski definition) is 6. The average Bonchev–Trinajstić information content (AvgIpc) is 2.53. The molecule has 0 saturated carbocycles. The molecule has 2 atom stereocenters. The highest BCUT2D eigenvalue weighted by atomic mass is 32.2. The van der Waals surface area contributed by atoms with Gasteiger partial charge in [-0.2, -0.15) is 0 Å². The van der Waals surface area contributed by atoms with Crippen molar-refractivity contribution in [2.24, 2.45) is 5.92 Å². The van der Waals surface area contributed by atoms with Gasteiger partial charge in [0, 0.05) is 12.3 Å². The van der Waals surface area contributed by atoms with Gasteiger partial charge in [-0.1, -0.05) is 6.92 Å². The van der Waals surface area contributed by atoms with E-state index in [4.69, 9.17) is 0 Å². The maximum atomic E-state index is 12.8. The fourth-order valence-corrected chi connectivity index (χ4v) is 3.57. The van der Waals surface area contributed by atoms with Crippen molar-refractivity contribution in [2.45, 2.75) is 51.3 Å². The topological polar surface area (TPSA) is 140 Å². The molecule has 0 bridgehead atoms. The lowest BCUT2D eigenvalue weighted by Gasteiger charge is -2.37. The lowest BCUT2D eigenvalue weighted by atomic mass is 9.82. The quantitative estimate of drug-likeness (QED) is 0.525. The van der Waals surface area contributed by atoms with E-state index in [0.29, 0.717) is 6.42 Å². The van der Waals surface area contributed by atoms with Crippen molar-refractivity contribution >= 4 is 21.7 Å². The monoisotopic (exact) mass is 373 g/mol. The van der Waals surface area contributed by atoms with Gasteiger partial charge in [-0.3, -0.25) is 19.9 Å². The summed E-state index contributed by atoms with van der Waals surface area (Å²) < 4.78 is 26.8. The molecule has 1 rings (SSSR count). The molecule has 0 spiro atoms. The number of aromatic nitrogens is 1. The number of nitrogens with one attached hydrogen (secondary N) is 1. The molecule has 0 radical (unpaired) electrons. The molecule has 0 amide bonds. The molecule has 2 N–H and O–H groups in total. The minimum atomic E-state index is -3.94. The smallest absolute Gasteiger partial charge is 0.308 e. The predicted molar refractivity (Wildman–Crippen MR) is 91.5 cm³/mol. The number of pyridine rings is 1. The molecular weight excluding hydrogens is 350 g/mol. The molecule has 1 heterocycles. The number of nitro groups is 1. The van der Waals surface area contributed by atoms with E-state index in [9.17, 15) is 28.4 Å². The minimum absolute atomic E-state index is 0.104. The van der Waals surface area contributed by atoms with Gasteiger partial charge in [-0.05, 0) is 39.7 Å². The second kappa shape index (κ2) is 7.04. The first-order chi connectivity index (χ1) is 11.3. The van der Waals surface area contributed by atoms with E-state index in [1.54, 1.807) is 6.92 Å². The molecule has 2 unspecified atom stereocenters. The van der Waals surface area contributed by atoms with Crippen molar-refractivity contribution in [3.8, 4) is 0 Å². The Bertz CT molecular complexity index is 777. The van der Waals surface area contributed by atoms with Gasteiger partial charge in [0.15, 0.2) is 0 Å². The Labute approximate surface area is 146 Å². The normalized spacial score (nSPS) is 16.0. The van der Waals surface area contributed by atoms with Gasteiger partial charge in [-0.15, -0.1) is 0 Å². The first kappa shape index (κ1) is 21.0. The van der Waals surface area contributed by atoms with Crippen LogP contribution >= 0.6 is 0 Å². The maximum Gasteiger partial charge on any atom is 0.308 e. The van der Waals surface area contributed by atoms with Crippen LogP contribution in [-0.4, -0.2) is 34.1 Å². The van der Waals surface area contributed by atoms with Crippen molar-refractivity contribution in [1.82, 2.24) is 9.71 Å². The zero-order valence-corrected chi connectivity index (χ0v) is 15.6.